The van der Waals surface area contributed by atoms with E-state index in [0.717, 1.165) is 0 Å². The molecule has 0 aromatic carbocycles. The minimum absolute atomic E-state index is 0.154. The molecule has 1 aliphatic heterocycles. The molecule has 0 bridgehead atoms. The summed E-state index contributed by atoms with van der Waals surface area (Å²) >= 11 is 0. The molecule has 2 aromatic rings. The van der Waals surface area contributed by atoms with Crippen molar-refractivity contribution >= 4 is 24.8 Å². The molecular formula is C14H23N6O8P. The number of imidazole rings is 1. The van der Waals surface area contributed by atoms with E-state index in [1.54, 1.807) is 4.57 Å². The number of rotatable bonds is 9. The molecule has 0 aliphatic carbocycles. The molecule has 15 heteroatoms. The van der Waals surface area contributed by atoms with Crippen molar-refractivity contribution < 1.29 is 38.6 Å². The first-order valence-electron chi connectivity index (χ1n) is 8.57. The fourth-order valence-corrected chi connectivity index (χ4v) is 3.50. The standard InChI is InChI=1S/C14H23N6O8P/c15-12-11-13(18-6-17-12)20(7-19-11)10-1-8(23)9(28-10)2-26-29(24,25)27-5-14(16,3-21)4-22/h6-10,21-23H,1-5,16H2,(H,24,25)(H2,15,17,18)/t8-,9-,10-/m1/s1. The Labute approximate surface area is 164 Å². The minimum atomic E-state index is -4.57. The zero-order chi connectivity index (χ0) is 21.2. The largest absolute Gasteiger partial charge is 0.472 e. The summed E-state index contributed by atoms with van der Waals surface area (Å²) in [6.07, 6.45) is 0.288. The van der Waals surface area contributed by atoms with Crippen LogP contribution in [-0.4, -0.2) is 83.9 Å². The van der Waals surface area contributed by atoms with Gasteiger partial charge in [-0.3, -0.25) is 13.6 Å². The van der Waals surface area contributed by atoms with Gasteiger partial charge in [0.1, 0.15) is 24.2 Å². The Kier molecular flexibility index (Phi) is 6.48. The molecule has 0 amide bonds. The highest BCUT2D eigenvalue weighted by atomic mass is 31.2. The van der Waals surface area contributed by atoms with Crippen molar-refractivity contribution in [2.24, 2.45) is 5.73 Å². The van der Waals surface area contributed by atoms with E-state index in [9.17, 15) is 14.6 Å². The lowest BCUT2D eigenvalue weighted by Gasteiger charge is -2.25. The molecule has 2 aromatic heterocycles. The van der Waals surface area contributed by atoms with Gasteiger partial charge in [0.15, 0.2) is 11.5 Å². The van der Waals surface area contributed by atoms with E-state index < -0.39 is 58.2 Å². The van der Waals surface area contributed by atoms with Gasteiger partial charge in [-0.15, -0.1) is 0 Å². The highest BCUT2D eigenvalue weighted by molar-refractivity contribution is 7.47. The van der Waals surface area contributed by atoms with Gasteiger partial charge >= 0.3 is 7.82 Å². The maximum Gasteiger partial charge on any atom is 0.472 e. The average Bonchev–Trinajstić information content (AvgIpc) is 3.29. The number of aromatic nitrogens is 4. The molecule has 1 saturated heterocycles. The van der Waals surface area contributed by atoms with E-state index in [2.05, 4.69) is 15.0 Å². The number of nitrogen functional groups attached to an aromatic ring is 1. The summed E-state index contributed by atoms with van der Waals surface area (Å²) in [6, 6.07) is 0. The predicted octanol–water partition coefficient (Wildman–Crippen LogP) is -2.13. The number of fused-ring (bicyclic) bond motifs is 1. The Hall–Kier alpha value is -1.74. The van der Waals surface area contributed by atoms with Gasteiger partial charge < -0.3 is 36.4 Å². The van der Waals surface area contributed by atoms with Crippen LogP contribution < -0.4 is 11.5 Å². The van der Waals surface area contributed by atoms with Crippen molar-refractivity contribution in [2.75, 3.05) is 32.2 Å². The number of nitrogens with zero attached hydrogens (tertiary/aromatic N) is 4. The van der Waals surface area contributed by atoms with Gasteiger partial charge in [0.25, 0.3) is 0 Å². The van der Waals surface area contributed by atoms with Crippen molar-refractivity contribution in [3.05, 3.63) is 12.7 Å². The second kappa shape index (κ2) is 8.55. The summed E-state index contributed by atoms with van der Waals surface area (Å²) in [5.74, 6) is 0.201. The lowest BCUT2D eigenvalue weighted by Crippen LogP contribution is -2.51. The van der Waals surface area contributed by atoms with Gasteiger partial charge in [-0.25, -0.2) is 19.5 Å². The Morgan fingerprint density at radius 2 is 2.03 bits per heavy atom. The third-order valence-corrected chi connectivity index (χ3v) is 5.38. The van der Waals surface area contributed by atoms with Gasteiger partial charge in [0.2, 0.25) is 0 Å². The highest BCUT2D eigenvalue weighted by Crippen LogP contribution is 2.45. The Bertz CT molecular complexity index is 892. The molecule has 14 nitrogen and oxygen atoms in total. The number of phosphoric acid groups is 1. The zero-order valence-electron chi connectivity index (χ0n) is 15.2. The number of phosphoric ester groups is 1. The Morgan fingerprint density at radius 3 is 2.72 bits per heavy atom. The number of anilines is 1. The van der Waals surface area contributed by atoms with Crippen molar-refractivity contribution in [2.45, 2.75) is 30.4 Å². The highest BCUT2D eigenvalue weighted by Gasteiger charge is 2.38. The van der Waals surface area contributed by atoms with E-state index in [-0.39, 0.29) is 12.2 Å². The van der Waals surface area contributed by atoms with E-state index in [4.69, 9.17) is 35.5 Å². The van der Waals surface area contributed by atoms with Crippen molar-refractivity contribution in [3.8, 4) is 0 Å². The number of ether oxygens (including phenoxy) is 1. The van der Waals surface area contributed by atoms with Crippen LogP contribution in [0.5, 0.6) is 0 Å². The summed E-state index contributed by atoms with van der Waals surface area (Å²) in [5.41, 5.74) is 10.5. The number of aliphatic hydroxyl groups excluding tert-OH is 3. The SMILES string of the molecule is Nc1ncnc2c1ncn2[C@H]1C[C@@H](O)[C@@H](COP(=O)(O)OCC(N)(CO)CO)O1. The van der Waals surface area contributed by atoms with Crippen LogP contribution in [0.2, 0.25) is 0 Å². The molecule has 1 aliphatic rings. The maximum absolute atomic E-state index is 12.0. The van der Waals surface area contributed by atoms with Gasteiger partial charge in [-0.1, -0.05) is 0 Å². The van der Waals surface area contributed by atoms with Crippen molar-refractivity contribution in [3.63, 3.8) is 0 Å². The first kappa shape index (κ1) is 22.0. The molecule has 1 unspecified atom stereocenters. The average molecular weight is 434 g/mol. The zero-order valence-corrected chi connectivity index (χ0v) is 16.1. The number of hydrogen-bond donors (Lipinski definition) is 6. The fraction of sp³-hybridized carbons (Fsp3) is 0.643. The minimum Gasteiger partial charge on any atom is -0.394 e. The normalized spacial score (nSPS) is 24.8. The number of hydrogen-bond acceptors (Lipinski definition) is 12. The van der Waals surface area contributed by atoms with Crippen LogP contribution in [0, 0.1) is 0 Å². The molecule has 162 valence electrons. The van der Waals surface area contributed by atoms with E-state index in [0.29, 0.717) is 11.2 Å². The van der Waals surface area contributed by atoms with Crippen molar-refractivity contribution in [1.82, 2.24) is 19.5 Å². The topological polar surface area (TPSA) is 221 Å². The van der Waals surface area contributed by atoms with Crippen LogP contribution in [0.1, 0.15) is 12.6 Å². The van der Waals surface area contributed by atoms with Gasteiger partial charge in [-0.05, 0) is 0 Å². The first-order valence-corrected chi connectivity index (χ1v) is 10.1. The second-order valence-corrected chi connectivity index (χ2v) is 8.19. The van der Waals surface area contributed by atoms with Crippen LogP contribution in [0.15, 0.2) is 12.7 Å². The van der Waals surface area contributed by atoms with Crippen molar-refractivity contribution in [1.29, 1.82) is 0 Å². The molecule has 0 radical (unpaired) electrons. The molecule has 3 heterocycles. The summed E-state index contributed by atoms with van der Waals surface area (Å²) in [6.45, 7) is -2.40. The molecular weight excluding hydrogens is 411 g/mol. The summed E-state index contributed by atoms with van der Waals surface area (Å²) in [4.78, 5) is 21.8. The molecule has 8 N–H and O–H groups in total. The fourth-order valence-electron chi connectivity index (χ4n) is 2.67. The van der Waals surface area contributed by atoms with Gasteiger partial charge in [0.05, 0.1) is 44.4 Å². The first-order chi connectivity index (χ1) is 13.7. The number of nitrogens with two attached hydrogens (primary N) is 2. The van der Waals surface area contributed by atoms with Crippen LogP contribution in [-0.2, 0) is 18.3 Å². The summed E-state index contributed by atoms with van der Waals surface area (Å²) in [7, 11) is -4.57. The Balaban J connectivity index is 1.60. The Morgan fingerprint density at radius 1 is 1.31 bits per heavy atom. The van der Waals surface area contributed by atoms with Crippen LogP contribution in [0.25, 0.3) is 11.2 Å². The summed E-state index contributed by atoms with van der Waals surface area (Å²) in [5, 5.41) is 28.4. The monoisotopic (exact) mass is 434 g/mol. The molecule has 1 fully saturated rings. The summed E-state index contributed by atoms with van der Waals surface area (Å²) < 4.78 is 28.8. The quantitative estimate of drug-likeness (QED) is 0.232. The predicted molar refractivity (Wildman–Crippen MR) is 97.1 cm³/mol. The second-order valence-electron chi connectivity index (χ2n) is 6.73. The smallest absolute Gasteiger partial charge is 0.394 e. The number of aliphatic hydroxyl groups is 3. The third kappa shape index (κ3) is 4.88. The molecule has 4 atom stereocenters. The van der Waals surface area contributed by atoms with E-state index >= 15 is 0 Å². The lowest BCUT2D eigenvalue weighted by atomic mass is 10.1. The van der Waals surface area contributed by atoms with Gasteiger partial charge in [0, 0.05) is 6.42 Å². The lowest BCUT2D eigenvalue weighted by molar-refractivity contribution is -0.0452. The van der Waals surface area contributed by atoms with Gasteiger partial charge in [-0.2, -0.15) is 0 Å². The van der Waals surface area contributed by atoms with Crippen LogP contribution in [0.4, 0.5) is 5.82 Å². The maximum atomic E-state index is 12.0. The molecule has 0 spiro atoms. The van der Waals surface area contributed by atoms with Crippen LogP contribution >= 0.6 is 7.82 Å². The molecule has 0 saturated carbocycles. The van der Waals surface area contributed by atoms with E-state index in [1.807, 2.05) is 0 Å². The molecule has 3 rings (SSSR count). The third-order valence-electron chi connectivity index (χ3n) is 4.45. The van der Waals surface area contributed by atoms with E-state index in [1.165, 1.54) is 12.7 Å². The molecule has 29 heavy (non-hydrogen) atoms. The van der Waals surface area contributed by atoms with Crippen LogP contribution in [0.3, 0.4) is 0 Å².